The smallest absolute Gasteiger partial charge is 0.160 e. The molecule has 0 aliphatic rings. The van der Waals surface area contributed by atoms with Gasteiger partial charge >= 0.3 is 0 Å². The lowest BCUT2D eigenvalue weighted by molar-refractivity contribution is 1.18. The third-order valence-electron chi connectivity index (χ3n) is 9.69. The van der Waals surface area contributed by atoms with E-state index in [9.17, 15) is 0 Å². The van der Waals surface area contributed by atoms with Gasteiger partial charge in [0.15, 0.2) is 5.82 Å². The minimum absolute atomic E-state index is 0.706. The van der Waals surface area contributed by atoms with Gasteiger partial charge in [0.25, 0.3) is 0 Å². The van der Waals surface area contributed by atoms with E-state index >= 15 is 0 Å². The van der Waals surface area contributed by atoms with Crippen LogP contribution < -0.4 is 0 Å². The summed E-state index contributed by atoms with van der Waals surface area (Å²) in [6.45, 7) is 0. The first kappa shape index (κ1) is 29.4. The fourth-order valence-electron chi connectivity index (χ4n) is 7.17. The van der Waals surface area contributed by atoms with Gasteiger partial charge in [-0.25, -0.2) is 15.0 Å². The number of hydrogen-bond acceptors (Lipinski definition) is 4. The summed E-state index contributed by atoms with van der Waals surface area (Å²) in [5, 5.41) is 6.07. The molecule has 0 N–H and O–H groups in total. The molecular formula is C47H29N3S. The highest BCUT2D eigenvalue weighted by atomic mass is 32.1. The molecule has 238 valence electrons. The van der Waals surface area contributed by atoms with Crippen molar-refractivity contribution in [2.75, 3.05) is 0 Å². The summed E-state index contributed by atoms with van der Waals surface area (Å²) in [6, 6.07) is 61.8. The fourth-order valence-corrected chi connectivity index (χ4v) is 8.40. The SMILES string of the molecule is c1ccc(-c2cc(-c3ccccc3)nc(-c3ccc(-c4ccc5nc(-c6cccc7ccccc67)c6c7ccccc7sc6c5c4)cc3)n2)cc1. The molecule has 0 radical (unpaired) electrons. The Kier molecular flexibility index (Phi) is 7.00. The number of fused-ring (bicyclic) bond motifs is 6. The highest BCUT2D eigenvalue weighted by Crippen LogP contribution is 2.44. The van der Waals surface area contributed by atoms with Crippen LogP contribution in [-0.2, 0) is 0 Å². The van der Waals surface area contributed by atoms with Crippen LogP contribution in [0.5, 0.6) is 0 Å². The number of pyridine rings is 1. The van der Waals surface area contributed by atoms with E-state index in [1.807, 2.05) is 47.7 Å². The number of hydrogen-bond donors (Lipinski definition) is 0. The first-order chi connectivity index (χ1) is 25.3. The molecular weight excluding hydrogens is 639 g/mol. The topological polar surface area (TPSA) is 38.7 Å². The monoisotopic (exact) mass is 667 g/mol. The molecule has 10 rings (SSSR count). The Morgan fingerprint density at radius 2 is 1.00 bits per heavy atom. The van der Waals surface area contributed by atoms with E-state index in [0.717, 1.165) is 56.0 Å². The van der Waals surface area contributed by atoms with E-state index in [1.54, 1.807) is 0 Å². The van der Waals surface area contributed by atoms with Gasteiger partial charge in [-0.3, -0.25) is 0 Å². The summed E-state index contributed by atoms with van der Waals surface area (Å²) >= 11 is 1.85. The third kappa shape index (κ3) is 5.16. The number of nitrogens with zero attached hydrogens (tertiary/aromatic N) is 3. The lowest BCUT2D eigenvalue weighted by Crippen LogP contribution is -1.96. The summed E-state index contributed by atoms with van der Waals surface area (Å²) < 4.78 is 2.54. The zero-order valence-electron chi connectivity index (χ0n) is 27.5. The molecule has 0 atom stereocenters. The van der Waals surface area contributed by atoms with Gasteiger partial charge in [-0.15, -0.1) is 11.3 Å². The van der Waals surface area contributed by atoms with Crippen molar-refractivity contribution in [2.45, 2.75) is 0 Å². The van der Waals surface area contributed by atoms with Crippen LogP contribution in [0.15, 0.2) is 176 Å². The molecule has 3 aromatic heterocycles. The van der Waals surface area contributed by atoms with Crippen LogP contribution in [0.1, 0.15) is 0 Å². The van der Waals surface area contributed by atoms with Gasteiger partial charge in [-0.1, -0.05) is 152 Å². The Morgan fingerprint density at radius 1 is 0.392 bits per heavy atom. The summed E-state index contributed by atoms with van der Waals surface area (Å²) in [5.41, 5.74) is 10.4. The minimum atomic E-state index is 0.706. The van der Waals surface area contributed by atoms with Crippen LogP contribution in [-0.4, -0.2) is 15.0 Å². The molecule has 3 nitrogen and oxygen atoms in total. The lowest BCUT2D eigenvalue weighted by atomic mass is 9.96. The van der Waals surface area contributed by atoms with Gasteiger partial charge in [-0.05, 0) is 46.2 Å². The summed E-state index contributed by atoms with van der Waals surface area (Å²) in [5.74, 6) is 0.706. The molecule has 0 fully saturated rings. The van der Waals surface area contributed by atoms with Gasteiger partial charge in [0, 0.05) is 47.8 Å². The molecule has 0 bridgehead atoms. The Morgan fingerprint density at radius 3 is 1.75 bits per heavy atom. The molecule has 3 heterocycles. The maximum Gasteiger partial charge on any atom is 0.160 e. The standard InChI is InChI=1S/C47H29N3S/c1-3-13-32(14-4-1)41-29-42(33-15-5-2-6-16-33)50-47(49-41)34-24-22-30(23-25-34)35-26-27-40-39(28-35)46-44(38-19-9-10-21-43(38)51-46)45(48-40)37-20-11-17-31-12-7-8-18-36(31)37/h1-29H. The van der Waals surface area contributed by atoms with Crippen LogP contribution >= 0.6 is 11.3 Å². The fraction of sp³-hybridized carbons (Fsp3) is 0. The number of benzene rings is 7. The normalized spacial score (nSPS) is 11.5. The molecule has 0 aliphatic carbocycles. The second kappa shape index (κ2) is 12.1. The van der Waals surface area contributed by atoms with Crippen molar-refractivity contribution in [2.24, 2.45) is 0 Å². The molecule has 7 aromatic carbocycles. The molecule has 0 spiro atoms. The molecule has 0 saturated carbocycles. The van der Waals surface area contributed by atoms with E-state index in [0.29, 0.717) is 5.82 Å². The Bertz CT molecular complexity index is 2830. The van der Waals surface area contributed by atoms with Gasteiger partial charge in [0.05, 0.1) is 22.6 Å². The summed E-state index contributed by atoms with van der Waals surface area (Å²) in [7, 11) is 0. The average Bonchev–Trinajstić information content (AvgIpc) is 3.61. The minimum Gasteiger partial charge on any atom is -0.247 e. The molecule has 0 amide bonds. The van der Waals surface area contributed by atoms with Gasteiger partial charge < -0.3 is 0 Å². The van der Waals surface area contributed by atoms with Crippen molar-refractivity contribution < 1.29 is 0 Å². The van der Waals surface area contributed by atoms with Gasteiger partial charge in [0.1, 0.15) is 0 Å². The van der Waals surface area contributed by atoms with E-state index in [1.165, 1.54) is 36.3 Å². The van der Waals surface area contributed by atoms with E-state index in [-0.39, 0.29) is 0 Å². The first-order valence-electron chi connectivity index (χ1n) is 17.1. The first-order valence-corrected chi connectivity index (χ1v) is 17.9. The van der Waals surface area contributed by atoms with Crippen LogP contribution in [0.3, 0.4) is 0 Å². The molecule has 0 unspecified atom stereocenters. The Balaban J connectivity index is 1.10. The van der Waals surface area contributed by atoms with E-state index in [2.05, 4.69) is 140 Å². The van der Waals surface area contributed by atoms with Crippen molar-refractivity contribution in [3.05, 3.63) is 176 Å². The number of rotatable bonds is 5. The quantitative estimate of drug-likeness (QED) is 0.183. The van der Waals surface area contributed by atoms with Crippen molar-refractivity contribution in [3.8, 4) is 56.3 Å². The van der Waals surface area contributed by atoms with Crippen LogP contribution in [0, 0.1) is 0 Å². The van der Waals surface area contributed by atoms with Crippen molar-refractivity contribution in [1.29, 1.82) is 0 Å². The molecule has 0 saturated heterocycles. The number of thiophene rings is 1. The number of aromatic nitrogens is 3. The van der Waals surface area contributed by atoms with Gasteiger partial charge in [-0.2, -0.15) is 0 Å². The second-order valence-electron chi connectivity index (χ2n) is 12.8. The van der Waals surface area contributed by atoms with Gasteiger partial charge in [0.2, 0.25) is 0 Å². The van der Waals surface area contributed by atoms with Crippen molar-refractivity contribution in [1.82, 2.24) is 15.0 Å². The zero-order valence-corrected chi connectivity index (χ0v) is 28.3. The Labute approximate surface area is 299 Å². The predicted molar refractivity (Wildman–Crippen MR) is 215 cm³/mol. The average molecular weight is 668 g/mol. The van der Waals surface area contributed by atoms with Crippen molar-refractivity contribution in [3.63, 3.8) is 0 Å². The highest BCUT2D eigenvalue weighted by molar-refractivity contribution is 7.26. The summed E-state index contributed by atoms with van der Waals surface area (Å²) in [6.07, 6.45) is 0. The maximum atomic E-state index is 5.39. The van der Waals surface area contributed by atoms with E-state index in [4.69, 9.17) is 15.0 Å². The maximum absolute atomic E-state index is 5.39. The highest BCUT2D eigenvalue weighted by Gasteiger charge is 2.18. The zero-order chi connectivity index (χ0) is 33.7. The Hall–Kier alpha value is -6.49. The van der Waals surface area contributed by atoms with Crippen molar-refractivity contribution >= 4 is 53.2 Å². The predicted octanol–water partition coefficient (Wildman–Crippen LogP) is 12.9. The van der Waals surface area contributed by atoms with Crippen LogP contribution in [0.2, 0.25) is 0 Å². The second-order valence-corrected chi connectivity index (χ2v) is 13.8. The molecule has 4 heteroatoms. The molecule has 0 aliphatic heterocycles. The third-order valence-corrected chi connectivity index (χ3v) is 10.9. The lowest BCUT2D eigenvalue weighted by Gasteiger charge is -2.12. The summed E-state index contributed by atoms with van der Waals surface area (Å²) in [4.78, 5) is 15.5. The van der Waals surface area contributed by atoms with E-state index < -0.39 is 0 Å². The largest absolute Gasteiger partial charge is 0.247 e. The van der Waals surface area contributed by atoms with Crippen LogP contribution in [0.25, 0.3) is 98.1 Å². The van der Waals surface area contributed by atoms with Crippen LogP contribution in [0.4, 0.5) is 0 Å². The molecule has 10 aromatic rings. The molecule has 51 heavy (non-hydrogen) atoms.